The third kappa shape index (κ3) is 9.40. The molecule has 0 aromatic carbocycles. The highest BCUT2D eigenvalue weighted by molar-refractivity contribution is 4.91. The summed E-state index contributed by atoms with van der Waals surface area (Å²) in [6.45, 7) is 3.27. The van der Waals surface area contributed by atoms with Crippen molar-refractivity contribution in [3.8, 4) is 0 Å². The second-order valence-corrected chi connectivity index (χ2v) is 2.40. The lowest BCUT2D eigenvalue weighted by molar-refractivity contribution is 0.0955. The molecule has 1 N–H and O–H groups in total. The quantitative estimate of drug-likeness (QED) is 0.467. The average Bonchev–Trinajstić information content (AvgIpc) is 2.10. The van der Waals surface area contributed by atoms with Crippen molar-refractivity contribution in [1.82, 2.24) is 0 Å². The molecule has 0 radical (unpaired) electrons. The van der Waals surface area contributed by atoms with E-state index in [0.717, 1.165) is 12.8 Å². The first-order chi connectivity index (χ1) is 5.91. The van der Waals surface area contributed by atoms with E-state index in [1.165, 1.54) is 0 Å². The van der Waals surface area contributed by atoms with Gasteiger partial charge in [-0.05, 0) is 19.8 Å². The van der Waals surface area contributed by atoms with E-state index in [-0.39, 0.29) is 6.61 Å². The zero-order valence-corrected chi connectivity index (χ0v) is 7.70. The van der Waals surface area contributed by atoms with Crippen molar-refractivity contribution in [1.29, 1.82) is 0 Å². The molecule has 2 nitrogen and oxygen atoms in total. The maximum Gasteiger partial charge on any atom is 0.0697 e. The van der Waals surface area contributed by atoms with Crippen LogP contribution in [0.5, 0.6) is 0 Å². The monoisotopic (exact) mass is 170 g/mol. The fourth-order valence-electron chi connectivity index (χ4n) is 0.747. The molecule has 0 rings (SSSR count). The Hall–Kier alpha value is -0.600. The smallest absolute Gasteiger partial charge is 0.0697 e. The molecule has 0 saturated carbocycles. The van der Waals surface area contributed by atoms with Crippen molar-refractivity contribution >= 4 is 0 Å². The van der Waals surface area contributed by atoms with Gasteiger partial charge in [0.05, 0.1) is 19.8 Å². The largest absolute Gasteiger partial charge is 0.394 e. The van der Waals surface area contributed by atoms with E-state index in [4.69, 9.17) is 9.84 Å². The van der Waals surface area contributed by atoms with E-state index in [1.54, 1.807) is 0 Å². The van der Waals surface area contributed by atoms with Crippen LogP contribution in [0.3, 0.4) is 0 Å². The number of ether oxygens (including phenoxy) is 1. The highest BCUT2D eigenvalue weighted by atomic mass is 16.5. The molecular weight excluding hydrogens is 152 g/mol. The predicted molar refractivity (Wildman–Crippen MR) is 51.1 cm³/mol. The Morgan fingerprint density at radius 2 is 2.00 bits per heavy atom. The van der Waals surface area contributed by atoms with Gasteiger partial charge in [0.25, 0.3) is 0 Å². The summed E-state index contributed by atoms with van der Waals surface area (Å²) in [4.78, 5) is 0. The van der Waals surface area contributed by atoms with Crippen LogP contribution in [0.1, 0.15) is 19.8 Å². The van der Waals surface area contributed by atoms with Crippen molar-refractivity contribution in [2.45, 2.75) is 19.8 Å². The third-order valence-corrected chi connectivity index (χ3v) is 1.34. The predicted octanol–water partition coefficient (Wildman–Crippen LogP) is 1.91. The van der Waals surface area contributed by atoms with Gasteiger partial charge in [-0.25, -0.2) is 0 Å². The lowest BCUT2D eigenvalue weighted by Gasteiger charge is -1.96. The summed E-state index contributed by atoms with van der Waals surface area (Å²) in [7, 11) is 0. The maximum atomic E-state index is 8.39. The SMILES string of the molecule is CC=CCC=CCCOCCO. The fourth-order valence-corrected chi connectivity index (χ4v) is 0.747. The van der Waals surface area contributed by atoms with Gasteiger partial charge in [0.2, 0.25) is 0 Å². The van der Waals surface area contributed by atoms with Crippen LogP contribution in [0.25, 0.3) is 0 Å². The fraction of sp³-hybridized carbons (Fsp3) is 0.600. The van der Waals surface area contributed by atoms with Crippen LogP contribution >= 0.6 is 0 Å². The van der Waals surface area contributed by atoms with Gasteiger partial charge in [-0.1, -0.05) is 24.3 Å². The normalized spacial score (nSPS) is 11.8. The number of allylic oxidation sites excluding steroid dienone is 3. The Bertz CT molecular complexity index is 128. The average molecular weight is 170 g/mol. The summed E-state index contributed by atoms with van der Waals surface area (Å²) in [5.74, 6) is 0. The Morgan fingerprint density at radius 3 is 2.67 bits per heavy atom. The van der Waals surface area contributed by atoms with Crippen LogP contribution in [0.2, 0.25) is 0 Å². The molecular formula is C10H18O2. The lowest BCUT2D eigenvalue weighted by Crippen LogP contribution is -1.99. The molecule has 0 fully saturated rings. The summed E-state index contributed by atoms with van der Waals surface area (Å²) in [5.41, 5.74) is 0. The number of hydrogen-bond acceptors (Lipinski definition) is 2. The van der Waals surface area contributed by atoms with Crippen molar-refractivity contribution in [3.63, 3.8) is 0 Å². The summed E-state index contributed by atoms with van der Waals surface area (Å²) in [6.07, 6.45) is 10.3. The molecule has 0 saturated heterocycles. The summed E-state index contributed by atoms with van der Waals surface area (Å²) in [6, 6.07) is 0. The molecule has 0 aromatic rings. The second kappa shape index (κ2) is 10.4. The number of hydrogen-bond donors (Lipinski definition) is 1. The highest BCUT2D eigenvalue weighted by Crippen LogP contribution is 1.89. The van der Waals surface area contributed by atoms with E-state index in [0.29, 0.717) is 13.2 Å². The van der Waals surface area contributed by atoms with E-state index in [1.807, 2.05) is 13.0 Å². The van der Waals surface area contributed by atoms with Crippen LogP contribution in [0, 0.1) is 0 Å². The van der Waals surface area contributed by atoms with Gasteiger partial charge in [-0.15, -0.1) is 0 Å². The molecule has 0 heterocycles. The minimum Gasteiger partial charge on any atom is -0.394 e. The molecule has 12 heavy (non-hydrogen) atoms. The van der Waals surface area contributed by atoms with Gasteiger partial charge in [0.1, 0.15) is 0 Å². The topological polar surface area (TPSA) is 29.5 Å². The van der Waals surface area contributed by atoms with Crippen molar-refractivity contribution in [3.05, 3.63) is 24.3 Å². The van der Waals surface area contributed by atoms with Crippen LogP contribution in [-0.2, 0) is 4.74 Å². The second-order valence-electron chi connectivity index (χ2n) is 2.40. The number of aliphatic hydroxyl groups excluding tert-OH is 1. The molecule has 0 atom stereocenters. The third-order valence-electron chi connectivity index (χ3n) is 1.34. The Morgan fingerprint density at radius 1 is 1.17 bits per heavy atom. The van der Waals surface area contributed by atoms with Gasteiger partial charge < -0.3 is 9.84 Å². The molecule has 0 spiro atoms. The minimum absolute atomic E-state index is 0.113. The molecule has 0 amide bonds. The van der Waals surface area contributed by atoms with Crippen LogP contribution in [0.4, 0.5) is 0 Å². The number of rotatable bonds is 7. The maximum absolute atomic E-state index is 8.39. The van der Waals surface area contributed by atoms with Gasteiger partial charge in [-0.2, -0.15) is 0 Å². The van der Waals surface area contributed by atoms with Gasteiger partial charge in [-0.3, -0.25) is 0 Å². The van der Waals surface area contributed by atoms with E-state index >= 15 is 0 Å². The first-order valence-electron chi connectivity index (χ1n) is 4.36. The first kappa shape index (κ1) is 11.4. The zero-order chi connectivity index (χ0) is 9.07. The molecule has 70 valence electrons. The molecule has 0 unspecified atom stereocenters. The van der Waals surface area contributed by atoms with Crippen molar-refractivity contribution in [2.24, 2.45) is 0 Å². The van der Waals surface area contributed by atoms with E-state index < -0.39 is 0 Å². The lowest BCUT2D eigenvalue weighted by atomic mass is 10.3. The first-order valence-corrected chi connectivity index (χ1v) is 4.36. The van der Waals surface area contributed by atoms with E-state index in [2.05, 4.69) is 18.2 Å². The molecule has 0 aliphatic heterocycles. The Labute approximate surface area is 74.6 Å². The van der Waals surface area contributed by atoms with Crippen LogP contribution in [-0.4, -0.2) is 24.9 Å². The van der Waals surface area contributed by atoms with E-state index in [9.17, 15) is 0 Å². The van der Waals surface area contributed by atoms with Crippen LogP contribution in [0.15, 0.2) is 24.3 Å². The van der Waals surface area contributed by atoms with Gasteiger partial charge in [0.15, 0.2) is 0 Å². The summed E-state index contributed by atoms with van der Waals surface area (Å²) >= 11 is 0. The molecule has 0 aliphatic rings. The van der Waals surface area contributed by atoms with Crippen LogP contribution < -0.4 is 0 Å². The Kier molecular flexibility index (Phi) is 9.88. The van der Waals surface area contributed by atoms with Crippen molar-refractivity contribution < 1.29 is 9.84 Å². The molecule has 0 aromatic heterocycles. The molecule has 0 aliphatic carbocycles. The van der Waals surface area contributed by atoms with Crippen molar-refractivity contribution in [2.75, 3.05) is 19.8 Å². The Balaban J connectivity index is 3.02. The summed E-state index contributed by atoms with van der Waals surface area (Å²) in [5, 5.41) is 8.39. The highest BCUT2D eigenvalue weighted by Gasteiger charge is 1.82. The van der Waals surface area contributed by atoms with Gasteiger partial charge in [0, 0.05) is 0 Å². The van der Waals surface area contributed by atoms with Gasteiger partial charge >= 0.3 is 0 Å². The standard InChI is InChI=1S/C10H18O2/c1-2-3-4-5-6-7-9-12-10-8-11/h2-3,5-6,11H,4,7-10H2,1H3. The minimum atomic E-state index is 0.113. The zero-order valence-electron chi connectivity index (χ0n) is 7.70. The molecule has 0 bridgehead atoms. The summed E-state index contributed by atoms with van der Waals surface area (Å²) < 4.78 is 5.07. The number of aliphatic hydroxyl groups is 1. The molecule has 2 heteroatoms.